The molecule has 7 aromatic rings. The first-order valence-corrected chi connectivity index (χ1v) is 17.2. The molecule has 0 amide bonds. The Kier molecular flexibility index (Phi) is 5.31. The molecule has 6 aromatic carbocycles. The molecule has 0 N–H and O–H groups in total. The highest BCUT2D eigenvalue weighted by molar-refractivity contribution is 7.05. The van der Waals surface area contributed by atoms with Crippen LogP contribution in [0.15, 0.2) is 133 Å². The fourth-order valence-electron chi connectivity index (χ4n) is 6.74. The average molecular weight is 541 g/mol. The summed E-state index contributed by atoms with van der Waals surface area (Å²) in [6.07, 6.45) is 0. The van der Waals surface area contributed by atoms with Crippen LogP contribution in [0.25, 0.3) is 66.6 Å². The fourth-order valence-corrected chi connectivity index (χ4v) is 10.3. The van der Waals surface area contributed by atoms with Gasteiger partial charge in [-0.1, -0.05) is 140 Å². The summed E-state index contributed by atoms with van der Waals surface area (Å²) in [5, 5.41) is 7.80. The van der Waals surface area contributed by atoms with Crippen molar-refractivity contribution in [3.63, 3.8) is 0 Å². The Bertz CT molecular complexity index is 2120. The first kappa shape index (κ1) is 24.0. The molecular weight excluding hydrogens is 513 g/mol. The Hall–Kier alpha value is -4.86. The van der Waals surface area contributed by atoms with Crippen LogP contribution in [0.2, 0.25) is 13.1 Å². The highest BCUT2D eigenvalue weighted by Crippen LogP contribution is 2.37. The SMILES string of the molecule is C[Si]1(C)c2c(-c3cccc(-c4ccccc4)c3)nc(-c3cccc4ccccc34)nc2-c2ccc3ccccc3c21. The van der Waals surface area contributed by atoms with Gasteiger partial charge in [0.1, 0.15) is 8.07 Å². The topological polar surface area (TPSA) is 25.8 Å². The van der Waals surface area contributed by atoms with Gasteiger partial charge in [0, 0.05) is 16.7 Å². The Labute approximate surface area is 241 Å². The van der Waals surface area contributed by atoms with Crippen LogP contribution < -0.4 is 10.4 Å². The summed E-state index contributed by atoms with van der Waals surface area (Å²) in [4.78, 5) is 10.9. The van der Waals surface area contributed by atoms with Crippen molar-refractivity contribution in [2.45, 2.75) is 13.1 Å². The zero-order chi connectivity index (χ0) is 27.6. The predicted octanol–water partition coefficient (Wildman–Crippen LogP) is 8.59. The highest BCUT2D eigenvalue weighted by atomic mass is 28.3. The van der Waals surface area contributed by atoms with Crippen molar-refractivity contribution in [1.29, 1.82) is 0 Å². The van der Waals surface area contributed by atoms with Crippen LogP contribution in [0, 0.1) is 0 Å². The quantitative estimate of drug-likeness (QED) is 0.210. The minimum atomic E-state index is -2.17. The number of benzene rings is 6. The second-order valence-electron chi connectivity index (χ2n) is 11.4. The Morgan fingerprint density at radius 3 is 1.88 bits per heavy atom. The summed E-state index contributed by atoms with van der Waals surface area (Å²) in [6, 6.07) is 47.8. The summed E-state index contributed by atoms with van der Waals surface area (Å²) in [7, 11) is -2.17. The normalized spacial score (nSPS) is 13.3. The molecule has 0 saturated heterocycles. The standard InChI is InChI=1S/C38H28N2Si/c1-41(2)36-31-20-9-7-15-27(31)22-23-33(36)35-37(41)34(29-18-10-17-28(24-29)25-12-4-3-5-13-25)39-38(40-35)32-21-11-16-26-14-6-8-19-30(26)32/h3-24H,1-2H3. The third kappa shape index (κ3) is 3.70. The minimum Gasteiger partial charge on any atom is -0.228 e. The van der Waals surface area contributed by atoms with E-state index in [9.17, 15) is 0 Å². The van der Waals surface area contributed by atoms with Gasteiger partial charge in [-0.15, -0.1) is 0 Å². The summed E-state index contributed by atoms with van der Waals surface area (Å²) >= 11 is 0. The number of hydrogen-bond donors (Lipinski definition) is 0. The molecule has 3 heteroatoms. The van der Waals surface area contributed by atoms with E-state index in [0.717, 1.165) is 28.3 Å². The van der Waals surface area contributed by atoms with E-state index < -0.39 is 8.07 Å². The van der Waals surface area contributed by atoms with Crippen LogP contribution in [-0.4, -0.2) is 18.0 Å². The molecule has 1 aromatic heterocycles. The van der Waals surface area contributed by atoms with Crippen molar-refractivity contribution >= 4 is 40.0 Å². The van der Waals surface area contributed by atoms with Crippen LogP contribution in [0.1, 0.15) is 0 Å². The Morgan fingerprint density at radius 2 is 1.05 bits per heavy atom. The Morgan fingerprint density at radius 1 is 0.439 bits per heavy atom. The lowest BCUT2D eigenvalue weighted by Gasteiger charge is -2.23. The summed E-state index contributed by atoms with van der Waals surface area (Å²) < 4.78 is 0. The molecule has 8 rings (SSSR count). The number of rotatable bonds is 3. The molecule has 2 nitrogen and oxygen atoms in total. The molecule has 0 radical (unpaired) electrons. The van der Waals surface area contributed by atoms with E-state index >= 15 is 0 Å². The van der Waals surface area contributed by atoms with E-state index in [1.54, 1.807) is 0 Å². The Balaban J connectivity index is 1.46. The molecule has 0 bridgehead atoms. The lowest BCUT2D eigenvalue weighted by molar-refractivity contribution is 1.21. The predicted molar refractivity (Wildman–Crippen MR) is 176 cm³/mol. The zero-order valence-corrected chi connectivity index (χ0v) is 24.1. The average Bonchev–Trinajstić information content (AvgIpc) is 3.27. The molecule has 1 aliphatic heterocycles. The molecule has 0 atom stereocenters. The highest BCUT2D eigenvalue weighted by Gasteiger charge is 2.43. The summed E-state index contributed by atoms with van der Waals surface area (Å²) in [5.41, 5.74) is 8.04. The van der Waals surface area contributed by atoms with E-state index in [4.69, 9.17) is 9.97 Å². The third-order valence-electron chi connectivity index (χ3n) is 8.62. The van der Waals surface area contributed by atoms with E-state index in [1.807, 2.05) is 0 Å². The summed E-state index contributed by atoms with van der Waals surface area (Å²) in [5.74, 6) is 0.784. The van der Waals surface area contributed by atoms with Gasteiger partial charge in [0.25, 0.3) is 0 Å². The first-order valence-electron chi connectivity index (χ1n) is 14.2. The van der Waals surface area contributed by atoms with E-state index in [-0.39, 0.29) is 0 Å². The molecule has 41 heavy (non-hydrogen) atoms. The van der Waals surface area contributed by atoms with Crippen LogP contribution >= 0.6 is 0 Å². The van der Waals surface area contributed by atoms with Gasteiger partial charge in [-0.05, 0) is 49.1 Å². The molecule has 0 saturated carbocycles. The molecule has 194 valence electrons. The van der Waals surface area contributed by atoms with Crippen LogP contribution in [0.5, 0.6) is 0 Å². The van der Waals surface area contributed by atoms with E-state index in [2.05, 4.69) is 147 Å². The second-order valence-corrected chi connectivity index (χ2v) is 15.7. The van der Waals surface area contributed by atoms with Crippen molar-refractivity contribution in [1.82, 2.24) is 9.97 Å². The number of fused-ring (bicyclic) bond motifs is 6. The van der Waals surface area contributed by atoms with Gasteiger partial charge >= 0.3 is 0 Å². The van der Waals surface area contributed by atoms with Gasteiger partial charge in [0.15, 0.2) is 5.82 Å². The van der Waals surface area contributed by atoms with Gasteiger partial charge in [-0.2, -0.15) is 0 Å². The number of nitrogens with zero attached hydrogens (tertiary/aromatic N) is 2. The van der Waals surface area contributed by atoms with Gasteiger partial charge in [0.2, 0.25) is 0 Å². The fraction of sp³-hybridized carbons (Fsp3) is 0.0526. The monoisotopic (exact) mass is 540 g/mol. The van der Waals surface area contributed by atoms with Crippen LogP contribution in [0.4, 0.5) is 0 Å². The van der Waals surface area contributed by atoms with Crippen molar-refractivity contribution in [3.05, 3.63) is 133 Å². The molecule has 1 aliphatic rings. The molecule has 0 unspecified atom stereocenters. The molecule has 0 aliphatic carbocycles. The third-order valence-corrected chi connectivity index (χ3v) is 12.1. The second kappa shape index (κ2) is 9.08. The summed E-state index contributed by atoms with van der Waals surface area (Å²) in [6.45, 7) is 4.94. The van der Waals surface area contributed by atoms with Gasteiger partial charge < -0.3 is 0 Å². The van der Waals surface area contributed by atoms with Crippen molar-refractivity contribution < 1.29 is 0 Å². The molecular formula is C38H28N2Si. The maximum atomic E-state index is 5.45. The maximum absolute atomic E-state index is 5.45. The van der Waals surface area contributed by atoms with E-state index in [0.29, 0.717) is 0 Å². The zero-order valence-electron chi connectivity index (χ0n) is 23.1. The largest absolute Gasteiger partial charge is 0.228 e. The molecule has 0 spiro atoms. The molecule has 0 fully saturated rings. The number of hydrogen-bond acceptors (Lipinski definition) is 2. The minimum absolute atomic E-state index is 0.784. The molecule has 2 heterocycles. The van der Waals surface area contributed by atoms with Crippen LogP contribution in [-0.2, 0) is 0 Å². The lowest BCUT2D eigenvalue weighted by atomic mass is 9.99. The smallest absolute Gasteiger partial charge is 0.161 e. The maximum Gasteiger partial charge on any atom is 0.161 e. The first-order chi connectivity index (χ1) is 20.1. The van der Waals surface area contributed by atoms with Gasteiger partial charge in [-0.3, -0.25) is 0 Å². The van der Waals surface area contributed by atoms with Gasteiger partial charge in [-0.25, -0.2) is 9.97 Å². The van der Waals surface area contributed by atoms with Crippen LogP contribution in [0.3, 0.4) is 0 Å². The van der Waals surface area contributed by atoms with Crippen molar-refractivity contribution in [3.8, 4) is 45.0 Å². The number of aromatic nitrogens is 2. The van der Waals surface area contributed by atoms with Crippen molar-refractivity contribution in [2.75, 3.05) is 0 Å². The van der Waals surface area contributed by atoms with Crippen molar-refractivity contribution in [2.24, 2.45) is 0 Å². The van der Waals surface area contributed by atoms with Gasteiger partial charge in [0.05, 0.1) is 11.4 Å². The van der Waals surface area contributed by atoms with E-state index in [1.165, 1.54) is 48.6 Å². The lowest BCUT2D eigenvalue weighted by Crippen LogP contribution is -2.50.